The molecule has 0 saturated carbocycles. The Morgan fingerprint density at radius 1 is 1.16 bits per heavy atom. The molecule has 0 heterocycles. The SMILES string of the molecule is NNc1cccc(Oc2ccccc2F)c1[N+](=O)[O-]. The van der Waals surface area contributed by atoms with Gasteiger partial charge in [0.15, 0.2) is 11.6 Å². The fraction of sp³-hybridized carbons (Fsp3) is 0. The van der Waals surface area contributed by atoms with E-state index in [1.165, 1.54) is 36.4 Å². The minimum atomic E-state index is -0.647. The van der Waals surface area contributed by atoms with Gasteiger partial charge in [0, 0.05) is 0 Å². The van der Waals surface area contributed by atoms with Crippen molar-refractivity contribution in [2.24, 2.45) is 5.84 Å². The molecule has 0 radical (unpaired) electrons. The van der Waals surface area contributed by atoms with Crippen LogP contribution in [0.5, 0.6) is 11.5 Å². The molecular formula is C12H10FN3O3. The summed E-state index contributed by atoms with van der Waals surface area (Å²) in [4.78, 5) is 10.4. The van der Waals surface area contributed by atoms with E-state index in [4.69, 9.17) is 10.6 Å². The molecule has 0 aliphatic rings. The molecule has 0 unspecified atom stereocenters. The van der Waals surface area contributed by atoms with Crippen molar-refractivity contribution in [1.82, 2.24) is 0 Å². The topological polar surface area (TPSA) is 90.4 Å². The first-order valence-electron chi connectivity index (χ1n) is 5.30. The van der Waals surface area contributed by atoms with E-state index in [0.717, 1.165) is 0 Å². The summed E-state index contributed by atoms with van der Waals surface area (Å²) in [5.41, 5.74) is 1.93. The summed E-state index contributed by atoms with van der Waals surface area (Å²) in [6, 6.07) is 9.94. The zero-order valence-electron chi connectivity index (χ0n) is 9.67. The number of nitro groups is 1. The maximum absolute atomic E-state index is 13.5. The Kier molecular flexibility index (Phi) is 3.58. The number of anilines is 1. The van der Waals surface area contributed by atoms with Crippen molar-refractivity contribution < 1.29 is 14.1 Å². The molecule has 0 fully saturated rings. The highest BCUT2D eigenvalue weighted by molar-refractivity contribution is 5.68. The molecule has 2 aromatic rings. The summed E-state index contributed by atoms with van der Waals surface area (Å²) < 4.78 is 18.7. The molecule has 98 valence electrons. The molecular weight excluding hydrogens is 253 g/mol. The van der Waals surface area contributed by atoms with E-state index in [1.807, 2.05) is 0 Å². The Morgan fingerprint density at radius 2 is 1.84 bits per heavy atom. The number of nitrogens with one attached hydrogen (secondary N) is 1. The van der Waals surface area contributed by atoms with Gasteiger partial charge in [-0.25, -0.2) is 4.39 Å². The van der Waals surface area contributed by atoms with E-state index < -0.39 is 10.7 Å². The quantitative estimate of drug-likeness (QED) is 0.503. The number of rotatable bonds is 4. The summed E-state index contributed by atoms with van der Waals surface area (Å²) in [5, 5.41) is 11.0. The monoisotopic (exact) mass is 263 g/mol. The molecule has 19 heavy (non-hydrogen) atoms. The van der Waals surface area contributed by atoms with Crippen LogP contribution in [0.3, 0.4) is 0 Å². The van der Waals surface area contributed by atoms with E-state index >= 15 is 0 Å². The van der Waals surface area contributed by atoms with E-state index in [0.29, 0.717) is 0 Å². The van der Waals surface area contributed by atoms with Gasteiger partial charge in [-0.05, 0) is 24.3 Å². The maximum Gasteiger partial charge on any atom is 0.335 e. The summed E-state index contributed by atoms with van der Waals surface area (Å²) in [7, 11) is 0. The highest BCUT2D eigenvalue weighted by atomic mass is 19.1. The molecule has 7 heteroatoms. The Hall–Kier alpha value is -2.67. The van der Waals surface area contributed by atoms with E-state index in [9.17, 15) is 14.5 Å². The molecule has 3 N–H and O–H groups in total. The average Bonchev–Trinajstić information content (AvgIpc) is 2.40. The average molecular weight is 263 g/mol. The third-order valence-electron chi connectivity index (χ3n) is 2.39. The lowest BCUT2D eigenvalue weighted by Gasteiger charge is -2.09. The Morgan fingerprint density at radius 3 is 2.47 bits per heavy atom. The number of nitro benzene ring substituents is 1. The van der Waals surface area contributed by atoms with Gasteiger partial charge < -0.3 is 10.2 Å². The Balaban J connectivity index is 2.46. The first kappa shape index (κ1) is 12.8. The lowest BCUT2D eigenvalue weighted by molar-refractivity contribution is -0.384. The third kappa shape index (κ3) is 2.61. The Labute approximate surface area is 107 Å². The van der Waals surface area contributed by atoms with Crippen LogP contribution in [0.15, 0.2) is 42.5 Å². The highest BCUT2D eigenvalue weighted by Gasteiger charge is 2.21. The van der Waals surface area contributed by atoms with Crippen LogP contribution < -0.4 is 16.0 Å². The van der Waals surface area contributed by atoms with Gasteiger partial charge in [0.1, 0.15) is 5.69 Å². The van der Waals surface area contributed by atoms with Crippen molar-refractivity contribution in [3.63, 3.8) is 0 Å². The number of ether oxygens (including phenoxy) is 1. The smallest absolute Gasteiger partial charge is 0.335 e. The number of hydrogen-bond donors (Lipinski definition) is 2. The molecule has 6 nitrogen and oxygen atoms in total. The molecule has 0 aromatic heterocycles. The van der Waals surface area contributed by atoms with E-state index in [1.54, 1.807) is 6.07 Å². The van der Waals surface area contributed by atoms with Crippen LogP contribution in [0, 0.1) is 15.9 Å². The van der Waals surface area contributed by atoms with Gasteiger partial charge >= 0.3 is 5.69 Å². The first-order valence-corrected chi connectivity index (χ1v) is 5.30. The lowest BCUT2D eigenvalue weighted by atomic mass is 10.2. The first-order chi connectivity index (χ1) is 9.13. The third-order valence-corrected chi connectivity index (χ3v) is 2.39. The summed E-state index contributed by atoms with van der Waals surface area (Å²) >= 11 is 0. The second-order valence-corrected chi connectivity index (χ2v) is 3.59. The standard InChI is InChI=1S/C12H10FN3O3/c13-8-4-1-2-6-10(8)19-11-7-3-5-9(15-14)12(11)16(17)18/h1-7,15H,14H2. The number of benzene rings is 2. The molecule has 2 rings (SSSR count). The van der Waals surface area contributed by atoms with Crippen molar-refractivity contribution in [2.45, 2.75) is 0 Å². The summed E-state index contributed by atoms with van der Waals surface area (Å²) in [5.74, 6) is 4.40. The zero-order chi connectivity index (χ0) is 13.8. The van der Waals surface area contributed by atoms with Crippen molar-refractivity contribution in [3.8, 4) is 11.5 Å². The number of para-hydroxylation sites is 2. The predicted octanol–water partition coefficient (Wildman–Crippen LogP) is 2.81. The number of halogens is 1. The Bertz CT molecular complexity index is 619. The molecule has 0 atom stereocenters. The van der Waals surface area contributed by atoms with Gasteiger partial charge in [-0.2, -0.15) is 0 Å². The number of nitrogen functional groups attached to an aromatic ring is 1. The second kappa shape index (κ2) is 5.32. The summed E-state index contributed by atoms with van der Waals surface area (Å²) in [6.45, 7) is 0. The molecule has 0 aliphatic carbocycles. The van der Waals surface area contributed by atoms with Crippen molar-refractivity contribution in [1.29, 1.82) is 0 Å². The minimum Gasteiger partial charge on any atom is -0.447 e. The van der Waals surface area contributed by atoms with E-state index in [-0.39, 0.29) is 22.9 Å². The van der Waals surface area contributed by atoms with Crippen LogP contribution in [0.1, 0.15) is 0 Å². The van der Waals surface area contributed by atoms with Crippen LogP contribution in [-0.2, 0) is 0 Å². The van der Waals surface area contributed by atoms with Gasteiger partial charge in [0.2, 0.25) is 5.75 Å². The minimum absolute atomic E-state index is 0.0823. The summed E-state index contributed by atoms with van der Waals surface area (Å²) in [6.07, 6.45) is 0. The van der Waals surface area contributed by atoms with Gasteiger partial charge in [-0.1, -0.05) is 18.2 Å². The van der Waals surface area contributed by atoms with Crippen LogP contribution >= 0.6 is 0 Å². The zero-order valence-corrected chi connectivity index (χ0v) is 9.67. The van der Waals surface area contributed by atoms with Crippen LogP contribution in [0.25, 0.3) is 0 Å². The normalized spacial score (nSPS) is 10.0. The van der Waals surface area contributed by atoms with Crippen LogP contribution in [0.2, 0.25) is 0 Å². The molecule has 0 aliphatic heterocycles. The van der Waals surface area contributed by atoms with Crippen LogP contribution in [0.4, 0.5) is 15.8 Å². The van der Waals surface area contributed by atoms with Gasteiger partial charge in [0.05, 0.1) is 4.92 Å². The van der Waals surface area contributed by atoms with Crippen molar-refractivity contribution >= 4 is 11.4 Å². The number of hydrazine groups is 1. The molecule has 0 saturated heterocycles. The lowest BCUT2D eigenvalue weighted by Crippen LogP contribution is -2.09. The van der Waals surface area contributed by atoms with Crippen LogP contribution in [-0.4, -0.2) is 4.92 Å². The van der Waals surface area contributed by atoms with Gasteiger partial charge in [0.25, 0.3) is 0 Å². The molecule has 0 spiro atoms. The maximum atomic E-state index is 13.5. The molecule has 0 amide bonds. The highest BCUT2D eigenvalue weighted by Crippen LogP contribution is 2.37. The number of hydrogen-bond acceptors (Lipinski definition) is 5. The van der Waals surface area contributed by atoms with E-state index in [2.05, 4.69) is 5.43 Å². The largest absolute Gasteiger partial charge is 0.447 e. The second-order valence-electron chi connectivity index (χ2n) is 3.59. The van der Waals surface area contributed by atoms with Crippen molar-refractivity contribution in [2.75, 3.05) is 5.43 Å². The van der Waals surface area contributed by atoms with Gasteiger partial charge in [-0.15, -0.1) is 0 Å². The predicted molar refractivity (Wildman–Crippen MR) is 67.4 cm³/mol. The fourth-order valence-electron chi connectivity index (χ4n) is 1.56. The number of nitrogens with zero attached hydrogens (tertiary/aromatic N) is 1. The molecule has 2 aromatic carbocycles. The van der Waals surface area contributed by atoms with Gasteiger partial charge in [-0.3, -0.25) is 16.0 Å². The van der Waals surface area contributed by atoms with Crippen molar-refractivity contribution in [3.05, 3.63) is 58.4 Å². The number of nitrogens with two attached hydrogens (primary N) is 1. The molecule has 0 bridgehead atoms. The fourth-order valence-corrected chi connectivity index (χ4v) is 1.56.